The third-order valence-corrected chi connectivity index (χ3v) is 3.38. The van der Waals surface area contributed by atoms with Crippen molar-refractivity contribution in [1.82, 2.24) is 0 Å². The predicted molar refractivity (Wildman–Crippen MR) is 64.3 cm³/mol. The Balaban J connectivity index is 2.73. The molecule has 1 fully saturated rings. The van der Waals surface area contributed by atoms with Crippen LogP contribution in [0.2, 0.25) is 0 Å². The first-order chi connectivity index (χ1) is 6.50. The lowest BCUT2D eigenvalue weighted by Crippen LogP contribution is -2.20. The monoisotopic (exact) mass is 194 g/mol. The molecule has 0 nitrogen and oxygen atoms in total. The molecule has 0 radical (unpaired) electrons. The first-order valence-corrected chi connectivity index (χ1v) is 6.21. The maximum Gasteiger partial charge on any atom is -0.0180 e. The van der Waals surface area contributed by atoms with Gasteiger partial charge in [0.2, 0.25) is 0 Å². The van der Waals surface area contributed by atoms with E-state index < -0.39 is 0 Å². The fraction of sp³-hybridized carbons (Fsp3) is 0.857. The van der Waals surface area contributed by atoms with Crippen LogP contribution >= 0.6 is 0 Å². The van der Waals surface area contributed by atoms with Gasteiger partial charge >= 0.3 is 0 Å². The van der Waals surface area contributed by atoms with E-state index in [2.05, 4.69) is 40.7 Å². The molecule has 0 N–H and O–H groups in total. The molecule has 0 heterocycles. The summed E-state index contributed by atoms with van der Waals surface area (Å²) in [5.41, 5.74) is 1.74. The fourth-order valence-electron chi connectivity index (χ4n) is 2.69. The smallest absolute Gasteiger partial charge is 0.0180 e. The highest BCUT2D eigenvalue weighted by Crippen LogP contribution is 2.37. The van der Waals surface area contributed by atoms with Crippen LogP contribution < -0.4 is 0 Å². The minimum atomic E-state index is 0.719. The van der Waals surface area contributed by atoms with Crippen molar-refractivity contribution in [2.75, 3.05) is 0 Å². The molecule has 1 rings (SSSR count). The quantitative estimate of drug-likeness (QED) is 0.561. The summed E-state index contributed by atoms with van der Waals surface area (Å²) in [5.74, 6) is 3.33. The summed E-state index contributed by atoms with van der Waals surface area (Å²) >= 11 is 0. The van der Waals surface area contributed by atoms with Crippen LogP contribution in [0, 0.1) is 23.7 Å². The zero-order chi connectivity index (χ0) is 10.7. The van der Waals surface area contributed by atoms with Gasteiger partial charge in [0.05, 0.1) is 0 Å². The Bertz CT molecular complexity index is 198. The molecule has 0 heteroatoms. The van der Waals surface area contributed by atoms with Gasteiger partial charge in [-0.25, -0.2) is 0 Å². The number of hydrogen-bond acceptors (Lipinski definition) is 0. The SMILES string of the molecule is CC(C)/C=C1\C[C@H](C)CC[C@H]1C(C)C. The molecule has 2 atom stereocenters. The van der Waals surface area contributed by atoms with Crippen LogP contribution in [0.1, 0.15) is 53.9 Å². The highest BCUT2D eigenvalue weighted by Gasteiger charge is 2.25. The molecule has 0 saturated heterocycles. The normalized spacial score (nSPS) is 31.8. The molecule has 0 amide bonds. The molecule has 82 valence electrons. The summed E-state index contributed by atoms with van der Waals surface area (Å²) in [5, 5.41) is 0. The molecule has 1 aliphatic rings. The lowest BCUT2D eigenvalue weighted by molar-refractivity contribution is 0.306. The van der Waals surface area contributed by atoms with E-state index in [1.807, 2.05) is 0 Å². The van der Waals surface area contributed by atoms with Gasteiger partial charge in [0.15, 0.2) is 0 Å². The van der Waals surface area contributed by atoms with Gasteiger partial charge < -0.3 is 0 Å². The Morgan fingerprint density at radius 1 is 1.14 bits per heavy atom. The van der Waals surface area contributed by atoms with Crippen molar-refractivity contribution in [2.45, 2.75) is 53.9 Å². The number of hydrogen-bond donors (Lipinski definition) is 0. The molecule has 0 aromatic heterocycles. The second-order valence-corrected chi connectivity index (χ2v) is 5.72. The Hall–Kier alpha value is -0.260. The van der Waals surface area contributed by atoms with Crippen LogP contribution in [0.25, 0.3) is 0 Å². The summed E-state index contributed by atoms with van der Waals surface area (Å²) in [6, 6.07) is 0. The lowest BCUT2D eigenvalue weighted by Gasteiger charge is -2.32. The number of allylic oxidation sites excluding steroid dienone is 2. The minimum absolute atomic E-state index is 0.719. The predicted octanol–water partition coefficient (Wildman–Crippen LogP) is 4.66. The van der Waals surface area contributed by atoms with Crippen LogP contribution in [-0.4, -0.2) is 0 Å². The van der Waals surface area contributed by atoms with E-state index in [0.29, 0.717) is 0 Å². The van der Waals surface area contributed by atoms with Crippen LogP contribution in [0.5, 0.6) is 0 Å². The highest BCUT2D eigenvalue weighted by atomic mass is 14.3. The molecule has 0 aromatic carbocycles. The molecule has 0 aliphatic heterocycles. The maximum absolute atomic E-state index is 2.51. The van der Waals surface area contributed by atoms with Crippen LogP contribution in [-0.2, 0) is 0 Å². The van der Waals surface area contributed by atoms with Gasteiger partial charge in [-0.3, -0.25) is 0 Å². The molecule has 1 saturated carbocycles. The maximum atomic E-state index is 2.51. The largest absolute Gasteiger partial charge is 0.0825 e. The van der Waals surface area contributed by atoms with Gasteiger partial charge in [0.25, 0.3) is 0 Å². The van der Waals surface area contributed by atoms with E-state index in [1.54, 1.807) is 5.57 Å². The second-order valence-electron chi connectivity index (χ2n) is 5.72. The van der Waals surface area contributed by atoms with Crippen LogP contribution in [0.4, 0.5) is 0 Å². The minimum Gasteiger partial charge on any atom is -0.0825 e. The van der Waals surface area contributed by atoms with Gasteiger partial charge in [-0.1, -0.05) is 46.3 Å². The average molecular weight is 194 g/mol. The standard InChI is InChI=1S/C14H26/c1-10(2)8-13-9-12(5)6-7-14(13)11(3)4/h8,10-12,14H,6-7,9H2,1-5H3/b13-8+/t12-,14+/m1/s1. The van der Waals surface area contributed by atoms with Crippen LogP contribution in [0.15, 0.2) is 11.6 Å². The van der Waals surface area contributed by atoms with Crippen LogP contribution in [0.3, 0.4) is 0 Å². The molecule has 1 aliphatic carbocycles. The second kappa shape index (κ2) is 5.00. The molecule has 0 spiro atoms. The molecule has 0 aromatic rings. The van der Waals surface area contributed by atoms with Crippen molar-refractivity contribution < 1.29 is 0 Å². The van der Waals surface area contributed by atoms with Gasteiger partial charge in [0.1, 0.15) is 0 Å². The molecular weight excluding hydrogens is 168 g/mol. The van der Waals surface area contributed by atoms with E-state index in [-0.39, 0.29) is 0 Å². The molecular formula is C14H26. The molecule has 14 heavy (non-hydrogen) atoms. The van der Waals surface area contributed by atoms with Gasteiger partial charge in [-0.05, 0) is 42.9 Å². The zero-order valence-electron chi connectivity index (χ0n) is 10.5. The summed E-state index contributed by atoms with van der Waals surface area (Å²) in [6.45, 7) is 11.7. The summed E-state index contributed by atoms with van der Waals surface area (Å²) < 4.78 is 0. The van der Waals surface area contributed by atoms with E-state index in [1.165, 1.54) is 19.3 Å². The Labute approximate surface area is 89.8 Å². The third-order valence-electron chi connectivity index (χ3n) is 3.38. The van der Waals surface area contributed by atoms with Gasteiger partial charge in [0, 0.05) is 0 Å². The highest BCUT2D eigenvalue weighted by molar-refractivity contribution is 5.12. The van der Waals surface area contributed by atoms with E-state index in [9.17, 15) is 0 Å². The molecule has 0 unspecified atom stereocenters. The van der Waals surface area contributed by atoms with Gasteiger partial charge in [-0.2, -0.15) is 0 Å². The first kappa shape index (κ1) is 11.8. The number of rotatable bonds is 2. The fourth-order valence-corrected chi connectivity index (χ4v) is 2.69. The van der Waals surface area contributed by atoms with E-state index in [4.69, 9.17) is 0 Å². The van der Waals surface area contributed by atoms with E-state index in [0.717, 1.165) is 23.7 Å². The summed E-state index contributed by atoms with van der Waals surface area (Å²) in [6.07, 6.45) is 6.71. The van der Waals surface area contributed by atoms with Crippen molar-refractivity contribution in [2.24, 2.45) is 23.7 Å². The summed E-state index contributed by atoms with van der Waals surface area (Å²) in [7, 11) is 0. The van der Waals surface area contributed by atoms with E-state index >= 15 is 0 Å². The van der Waals surface area contributed by atoms with Crippen molar-refractivity contribution in [3.8, 4) is 0 Å². The Morgan fingerprint density at radius 3 is 2.29 bits per heavy atom. The first-order valence-electron chi connectivity index (χ1n) is 6.21. The van der Waals surface area contributed by atoms with Crippen molar-refractivity contribution in [3.63, 3.8) is 0 Å². The van der Waals surface area contributed by atoms with Crippen molar-refractivity contribution in [3.05, 3.63) is 11.6 Å². The van der Waals surface area contributed by atoms with Gasteiger partial charge in [-0.15, -0.1) is 0 Å². The zero-order valence-corrected chi connectivity index (χ0v) is 10.5. The van der Waals surface area contributed by atoms with Crippen molar-refractivity contribution >= 4 is 0 Å². The third kappa shape index (κ3) is 3.15. The summed E-state index contributed by atoms with van der Waals surface area (Å²) in [4.78, 5) is 0. The Kier molecular flexibility index (Phi) is 4.22. The average Bonchev–Trinajstić information content (AvgIpc) is 2.01. The van der Waals surface area contributed by atoms with Crippen molar-refractivity contribution in [1.29, 1.82) is 0 Å². The molecule has 0 bridgehead atoms. The lowest BCUT2D eigenvalue weighted by atomic mass is 9.73. The Morgan fingerprint density at radius 2 is 1.79 bits per heavy atom. The topological polar surface area (TPSA) is 0 Å².